The van der Waals surface area contributed by atoms with Crippen LogP contribution in [0.15, 0.2) is 53.0 Å². The van der Waals surface area contributed by atoms with E-state index in [1.807, 2.05) is 48.5 Å². The highest BCUT2D eigenvalue weighted by molar-refractivity contribution is 9.10. The fourth-order valence-corrected chi connectivity index (χ4v) is 2.27. The fourth-order valence-electron chi connectivity index (χ4n) is 1.85. The smallest absolute Gasteiger partial charge is 0.141 e. The summed E-state index contributed by atoms with van der Waals surface area (Å²) in [5.41, 5.74) is 8.37. The van der Waals surface area contributed by atoms with Gasteiger partial charge in [-0.15, -0.1) is 0 Å². The second-order valence-corrected chi connectivity index (χ2v) is 5.08. The molecule has 0 amide bonds. The Kier molecular flexibility index (Phi) is 4.15. The quantitative estimate of drug-likeness (QED) is 0.880. The summed E-state index contributed by atoms with van der Waals surface area (Å²) in [5, 5.41) is 0. The summed E-state index contributed by atoms with van der Waals surface area (Å²) < 4.78 is 0.978. The van der Waals surface area contributed by atoms with E-state index in [1.54, 1.807) is 0 Å². The highest BCUT2D eigenvalue weighted by atomic mass is 79.9. The van der Waals surface area contributed by atoms with Gasteiger partial charge in [-0.05, 0) is 29.3 Å². The van der Waals surface area contributed by atoms with Crippen LogP contribution < -0.4 is 5.73 Å². The predicted molar refractivity (Wildman–Crippen MR) is 77.4 cm³/mol. The van der Waals surface area contributed by atoms with Crippen LogP contribution in [0.4, 0.5) is 5.69 Å². The van der Waals surface area contributed by atoms with Gasteiger partial charge in [-0.25, -0.2) is 0 Å². The van der Waals surface area contributed by atoms with Gasteiger partial charge in [0.1, 0.15) is 5.78 Å². The molecule has 0 fully saturated rings. The molecule has 2 N–H and O–H groups in total. The molecule has 92 valence electrons. The molecule has 0 aromatic heterocycles. The molecule has 3 heteroatoms. The second-order valence-electron chi connectivity index (χ2n) is 4.23. The van der Waals surface area contributed by atoms with Crippen molar-refractivity contribution in [2.75, 3.05) is 5.73 Å². The van der Waals surface area contributed by atoms with Crippen molar-refractivity contribution < 1.29 is 4.79 Å². The topological polar surface area (TPSA) is 43.1 Å². The van der Waals surface area contributed by atoms with Gasteiger partial charge in [0.05, 0.1) is 0 Å². The number of carbonyl (C=O) groups excluding carboxylic acids is 1. The lowest BCUT2D eigenvalue weighted by molar-refractivity contribution is -0.117. The lowest BCUT2D eigenvalue weighted by Gasteiger charge is -2.04. The predicted octanol–water partition coefficient (Wildman–Crippen LogP) is 3.39. The summed E-state index contributed by atoms with van der Waals surface area (Å²) in [4.78, 5) is 12.0. The third-order valence-electron chi connectivity index (χ3n) is 2.70. The average Bonchev–Trinajstić information content (AvgIpc) is 2.32. The van der Waals surface area contributed by atoms with E-state index in [-0.39, 0.29) is 5.78 Å². The van der Waals surface area contributed by atoms with Crippen molar-refractivity contribution in [1.29, 1.82) is 0 Å². The summed E-state index contributed by atoms with van der Waals surface area (Å²) in [6, 6.07) is 15.2. The van der Waals surface area contributed by atoms with Crippen molar-refractivity contribution in [1.82, 2.24) is 0 Å². The van der Waals surface area contributed by atoms with Crippen molar-refractivity contribution in [3.05, 3.63) is 64.1 Å². The van der Waals surface area contributed by atoms with E-state index in [4.69, 9.17) is 5.73 Å². The van der Waals surface area contributed by atoms with E-state index in [9.17, 15) is 4.79 Å². The van der Waals surface area contributed by atoms with Gasteiger partial charge in [-0.2, -0.15) is 0 Å². The van der Waals surface area contributed by atoms with Crippen LogP contribution >= 0.6 is 15.9 Å². The molecular formula is C15H14BrNO. The first-order chi connectivity index (χ1) is 8.65. The molecular weight excluding hydrogens is 290 g/mol. The molecule has 0 spiro atoms. The minimum Gasteiger partial charge on any atom is -0.399 e. The highest BCUT2D eigenvalue weighted by Gasteiger charge is 2.07. The van der Waals surface area contributed by atoms with E-state index in [0.717, 1.165) is 15.6 Å². The molecule has 0 saturated heterocycles. The maximum atomic E-state index is 12.0. The van der Waals surface area contributed by atoms with Gasteiger partial charge in [0.25, 0.3) is 0 Å². The van der Waals surface area contributed by atoms with E-state index >= 15 is 0 Å². The number of nitrogen functional groups attached to an aromatic ring is 1. The summed E-state index contributed by atoms with van der Waals surface area (Å²) in [5.74, 6) is 0.188. The largest absolute Gasteiger partial charge is 0.399 e. The average molecular weight is 304 g/mol. The molecule has 0 bridgehead atoms. The standard InChI is InChI=1S/C15H14BrNO/c16-15-7-2-1-5-12(15)10-14(18)9-11-4-3-6-13(17)8-11/h1-8H,9-10,17H2. The van der Waals surface area contributed by atoms with Gasteiger partial charge in [-0.1, -0.05) is 46.3 Å². The molecule has 0 saturated carbocycles. The molecule has 0 unspecified atom stereocenters. The van der Waals surface area contributed by atoms with Crippen LogP contribution in [0, 0.1) is 0 Å². The van der Waals surface area contributed by atoms with Gasteiger partial charge in [0.15, 0.2) is 0 Å². The van der Waals surface area contributed by atoms with Crippen LogP contribution in [0.5, 0.6) is 0 Å². The number of nitrogens with two attached hydrogens (primary N) is 1. The molecule has 0 atom stereocenters. The summed E-state index contributed by atoms with van der Waals surface area (Å²) in [6.45, 7) is 0. The summed E-state index contributed by atoms with van der Waals surface area (Å²) >= 11 is 3.45. The van der Waals surface area contributed by atoms with Crippen molar-refractivity contribution in [3.63, 3.8) is 0 Å². The van der Waals surface area contributed by atoms with Crippen molar-refractivity contribution >= 4 is 27.4 Å². The fraction of sp³-hybridized carbons (Fsp3) is 0.133. The second kappa shape index (κ2) is 5.83. The Labute approximate surface area is 115 Å². The molecule has 0 aliphatic heterocycles. The Morgan fingerprint density at radius 3 is 2.56 bits per heavy atom. The van der Waals surface area contributed by atoms with Crippen LogP contribution in [0.2, 0.25) is 0 Å². The first-order valence-corrected chi connectivity index (χ1v) is 6.54. The number of rotatable bonds is 4. The number of carbonyl (C=O) groups is 1. The van der Waals surface area contributed by atoms with Crippen LogP contribution in [0.1, 0.15) is 11.1 Å². The number of Topliss-reactive ketones (excluding diaryl/α,β-unsaturated/α-hetero) is 1. The number of hydrogen-bond acceptors (Lipinski definition) is 2. The Hall–Kier alpha value is -1.61. The Balaban J connectivity index is 2.03. The van der Waals surface area contributed by atoms with E-state index in [1.165, 1.54) is 0 Å². The highest BCUT2D eigenvalue weighted by Crippen LogP contribution is 2.17. The number of hydrogen-bond donors (Lipinski definition) is 1. The number of ketones is 1. The number of anilines is 1. The lowest BCUT2D eigenvalue weighted by atomic mass is 10.0. The lowest BCUT2D eigenvalue weighted by Crippen LogP contribution is -2.07. The maximum Gasteiger partial charge on any atom is 0.141 e. The molecule has 2 nitrogen and oxygen atoms in total. The van der Waals surface area contributed by atoms with Crippen molar-refractivity contribution in [3.8, 4) is 0 Å². The minimum absolute atomic E-state index is 0.188. The first kappa shape index (κ1) is 12.8. The number of halogens is 1. The molecule has 2 aromatic rings. The SMILES string of the molecule is Nc1cccc(CC(=O)Cc2ccccc2Br)c1. The van der Waals surface area contributed by atoms with Gasteiger partial charge in [0.2, 0.25) is 0 Å². The Morgan fingerprint density at radius 1 is 1.06 bits per heavy atom. The Bertz CT molecular complexity index is 566. The summed E-state index contributed by atoms with van der Waals surface area (Å²) in [6.07, 6.45) is 0.864. The van der Waals surface area contributed by atoms with Crippen LogP contribution in [-0.4, -0.2) is 5.78 Å². The van der Waals surface area contributed by atoms with E-state index in [2.05, 4.69) is 15.9 Å². The van der Waals surface area contributed by atoms with Gasteiger partial charge < -0.3 is 5.73 Å². The van der Waals surface area contributed by atoms with Crippen LogP contribution in [0.3, 0.4) is 0 Å². The monoisotopic (exact) mass is 303 g/mol. The van der Waals surface area contributed by atoms with Gasteiger partial charge >= 0.3 is 0 Å². The minimum atomic E-state index is 0.188. The van der Waals surface area contributed by atoms with Crippen LogP contribution in [-0.2, 0) is 17.6 Å². The third kappa shape index (κ3) is 3.44. The molecule has 18 heavy (non-hydrogen) atoms. The zero-order chi connectivity index (χ0) is 13.0. The number of benzene rings is 2. The van der Waals surface area contributed by atoms with E-state index in [0.29, 0.717) is 18.5 Å². The van der Waals surface area contributed by atoms with Crippen molar-refractivity contribution in [2.45, 2.75) is 12.8 Å². The third-order valence-corrected chi connectivity index (χ3v) is 3.47. The van der Waals surface area contributed by atoms with Crippen molar-refractivity contribution in [2.24, 2.45) is 0 Å². The van der Waals surface area contributed by atoms with Gasteiger partial charge in [-0.3, -0.25) is 4.79 Å². The zero-order valence-electron chi connectivity index (χ0n) is 9.90. The molecule has 0 aliphatic carbocycles. The zero-order valence-corrected chi connectivity index (χ0v) is 11.5. The Morgan fingerprint density at radius 2 is 1.83 bits per heavy atom. The maximum absolute atomic E-state index is 12.0. The molecule has 0 heterocycles. The van der Waals surface area contributed by atoms with E-state index < -0.39 is 0 Å². The summed E-state index contributed by atoms with van der Waals surface area (Å²) in [7, 11) is 0. The first-order valence-electron chi connectivity index (χ1n) is 5.74. The normalized spacial score (nSPS) is 10.3. The molecule has 0 radical (unpaired) electrons. The van der Waals surface area contributed by atoms with Gasteiger partial charge in [0, 0.05) is 23.0 Å². The molecule has 2 rings (SSSR count). The molecule has 2 aromatic carbocycles. The van der Waals surface area contributed by atoms with Crippen LogP contribution in [0.25, 0.3) is 0 Å². The molecule has 0 aliphatic rings.